The van der Waals surface area contributed by atoms with Gasteiger partial charge in [-0.3, -0.25) is 4.40 Å². The molecule has 0 saturated carbocycles. The molecule has 0 atom stereocenters. The molecule has 6 heteroatoms. The van der Waals surface area contributed by atoms with Crippen LogP contribution in [-0.4, -0.2) is 21.2 Å². The molecule has 1 aliphatic rings. The fourth-order valence-electron chi connectivity index (χ4n) is 4.57. The van der Waals surface area contributed by atoms with E-state index in [0.717, 1.165) is 44.8 Å². The van der Waals surface area contributed by atoms with Crippen LogP contribution in [0.3, 0.4) is 0 Å². The van der Waals surface area contributed by atoms with Crippen LogP contribution in [0.25, 0.3) is 39.1 Å². The highest BCUT2D eigenvalue weighted by Gasteiger charge is 2.24. The van der Waals surface area contributed by atoms with Gasteiger partial charge in [-0.25, -0.2) is 9.97 Å². The number of hydrogen-bond donors (Lipinski definition) is 1. The van der Waals surface area contributed by atoms with Gasteiger partial charge in [0, 0.05) is 28.3 Å². The Morgan fingerprint density at radius 2 is 1.31 bits per heavy atom. The lowest BCUT2D eigenvalue weighted by Gasteiger charge is -2.13. The molecule has 2 aromatic heterocycles. The maximum absolute atomic E-state index is 5.69. The summed E-state index contributed by atoms with van der Waals surface area (Å²) in [7, 11) is 0. The molecule has 7 rings (SSSR count). The minimum atomic E-state index is 0.204. The molecule has 4 aromatic carbocycles. The number of imidazole rings is 1. The molecule has 35 heavy (non-hydrogen) atoms. The molecule has 0 saturated heterocycles. The van der Waals surface area contributed by atoms with Crippen LogP contribution in [0.4, 0.5) is 11.6 Å². The minimum Gasteiger partial charge on any atom is -0.454 e. The van der Waals surface area contributed by atoms with Crippen LogP contribution < -0.4 is 14.8 Å². The van der Waals surface area contributed by atoms with E-state index >= 15 is 0 Å². The average Bonchev–Trinajstić information content (AvgIpc) is 3.54. The molecule has 0 amide bonds. The average molecular weight is 457 g/mol. The zero-order valence-corrected chi connectivity index (χ0v) is 18.7. The maximum Gasteiger partial charge on any atom is 0.231 e. The van der Waals surface area contributed by atoms with E-state index in [4.69, 9.17) is 19.4 Å². The summed E-state index contributed by atoms with van der Waals surface area (Å²) in [6.07, 6.45) is 0. The zero-order valence-electron chi connectivity index (χ0n) is 18.7. The Balaban J connectivity index is 1.61. The molecular formula is C29H20N4O2. The van der Waals surface area contributed by atoms with Crippen molar-refractivity contribution in [3.05, 3.63) is 103 Å². The molecule has 0 unspecified atom stereocenters. The largest absolute Gasteiger partial charge is 0.454 e. The van der Waals surface area contributed by atoms with E-state index in [0.29, 0.717) is 17.4 Å². The van der Waals surface area contributed by atoms with Gasteiger partial charge in [0.2, 0.25) is 12.7 Å². The van der Waals surface area contributed by atoms with Crippen molar-refractivity contribution in [2.24, 2.45) is 0 Å². The molecule has 1 aliphatic heterocycles. The molecule has 6 aromatic rings. The summed E-state index contributed by atoms with van der Waals surface area (Å²) in [5.74, 6) is 2.07. The van der Waals surface area contributed by atoms with Crippen molar-refractivity contribution >= 4 is 28.2 Å². The normalized spacial score (nSPS) is 12.3. The predicted molar refractivity (Wildman–Crippen MR) is 137 cm³/mol. The van der Waals surface area contributed by atoms with Crippen LogP contribution in [-0.2, 0) is 0 Å². The second-order valence-corrected chi connectivity index (χ2v) is 8.35. The molecule has 0 fully saturated rings. The molecule has 0 bridgehead atoms. The third-order valence-corrected chi connectivity index (χ3v) is 6.17. The predicted octanol–water partition coefficient (Wildman–Crippen LogP) is 6.69. The van der Waals surface area contributed by atoms with Gasteiger partial charge >= 0.3 is 0 Å². The van der Waals surface area contributed by atoms with E-state index < -0.39 is 0 Å². The number of aromatic nitrogens is 3. The number of para-hydroxylation sites is 1. The van der Waals surface area contributed by atoms with E-state index in [1.165, 1.54) is 0 Å². The highest BCUT2D eigenvalue weighted by atomic mass is 16.7. The highest BCUT2D eigenvalue weighted by molar-refractivity contribution is 5.99. The third kappa shape index (κ3) is 3.27. The third-order valence-electron chi connectivity index (χ3n) is 6.17. The standard InChI is InChI=1S/C29H20N4O2/c1-4-10-19(11-5-1)26-27(20-12-6-2-7-13-20)33-28(32-26)22-16-24-25(35-18-34-24)17-23(22)31-29(33)30-21-14-8-3-9-15-21/h1-17H,18H2,(H,30,31). The second-order valence-electron chi connectivity index (χ2n) is 8.35. The van der Waals surface area contributed by atoms with Crippen molar-refractivity contribution in [2.75, 3.05) is 12.1 Å². The van der Waals surface area contributed by atoms with Crippen molar-refractivity contribution in [2.45, 2.75) is 0 Å². The van der Waals surface area contributed by atoms with Crippen LogP contribution in [0.5, 0.6) is 11.5 Å². The number of benzene rings is 4. The Morgan fingerprint density at radius 3 is 2.03 bits per heavy atom. The van der Waals surface area contributed by atoms with Crippen LogP contribution in [0.15, 0.2) is 103 Å². The van der Waals surface area contributed by atoms with Gasteiger partial charge in [0.1, 0.15) is 5.65 Å². The van der Waals surface area contributed by atoms with Crippen molar-refractivity contribution in [3.63, 3.8) is 0 Å². The Kier molecular flexibility index (Phi) is 4.42. The summed E-state index contributed by atoms with van der Waals surface area (Å²) < 4.78 is 13.4. The summed E-state index contributed by atoms with van der Waals surface area (Å²) in [4.78, 5) is 10.2. The van der Waals surface area contributed by atoms with Crippen LogP contribution in [0.2, 0.25) is 0 Å². The van der Waals surface area contributed by atoms with Gasteiger partial charge in [-0.05, 0) is 18.2 Å². The first-order valence-electron chi connectivity index (χ1n) is 11.4. The Labute approximate surface area is 201 Å². The lowest BCUT2D eigenvalue weighted by atomic mass is 10.1. The number of anilines is 2. The quantitative estimate of drug-likeness (QED) is 0.320. The van der Waals surface area contributed by atoms with E-state index in [1.807, 2.05) is 78.9 Å². The maximum atomic E-state index is 5.69. The summed E-state index contributed by atoms with van der Waals surface area (Å²) in [6.45, 7) is 0.204. The van der Waals surface area contributed by atoms with Crippen molar-refractivity contribution in [3.8, 4) is 34.0 Å². The molecule has 0 aliphatic carbocycles. The molecule has 1 N–H and O–H groups in total. The lowest BCUT2D eigenvalue weighted by Crippen LogP contribution is -2.04. The van der Waals surface area contributed by atoms with E-state index in [-0.39, 0.29) is 6.79 Å². The smallest absolute Gasteiger partial charge is 0.231 e. The van der Waals surface area contributed by atoms with E-state index in [2.05, 4.69) is 34.0 Å². The minimum absolute atomic E-state index is 0.204. The first-order chi connectivity index (χ1) is 17.3. The number of hydrogen-bond acceptors (Lipinski definition) is 5. The van der Waals surface area contributed by atoms with Gasteiger partial charge in [0.25, 0.3) is 0 Å². The van der Waals surface area contributed by atoms with Crippen molar-refractivity contribution in [1.82, 2.24) is 14.4 Å². The first kappa shape index (κ1) is 19.6. The van der Waals surface area contributed by atoms with Gasteiger partial charge in [-0.2, -0.15) is 0 Å². The summed E-state index contributed by atoms with van der Waals surface area (Å²) >= 11 is 0. The van der Waals surface area contributed by atoms with Gasteiger partial charge < -0.3 is 14.8 Å². The monoisotopic (exact) mass is 456 g/mol. The van der Waals surface area contributed by atoms with Crippen molar-refractivity contribution < 1.29 is 9.47 Å². The second kappa shape index (κ2) is 7.88. The summed E-state index contributed by atoms with van der Waals surface area (Å²) in [6, 6.07) is 34.5. The molecule has 3 heterocycles. The fraction of sp³-hybridized carbons (Fsp3) is 0.0345. The number of nitrogens with one attached hydrogen (secondary N) is 1. The van der Waals surface area contributed by atoms with Crippen LogP contribution in [0, 0.1) is 0 Å². The molecule has 168 valence electrons. The number of fused-ring (bicyclic) bond motifs is 4. The first-order valence-corrected chi connectivity index (χ1v) is 11.4. The number of nitrogens with zero attached hydrogens (tertiary/aromatic N) is 3. The molecule has 6 nitrogen and oxygen atoms in total. The van der Waals surface area contributed by atoms with Crippen molar-refractivity contribution in [1.29, 1.82) is 0 Å². The number of rotatable bonds is 4. The topological polar surface area (TPSA) is 60.7 Å². The van der Waals surface area contributed by atoms with Crippen LogP contribution in [0.1, 0.15) is 0 Å². The Bertz CT molecular complexity index is 1680. The highest BCUT2D eigenvalue weighted by Crippen LogP contribution is 2.41. The van der Waals surface area contributed by atoms with Gasteiger partial charge in [-0.15, -0.1) is 0 Å². The molecular weight excluding hydrogens is 436 g/mol. The zero-order chi connectivity index (χ0) is 23.2. The SMILES string of the molecule is c1ccc(Nc2nc3cc4c(cc3c3nc(-c5ccccc5)c(-c5ccccc5)n23)OCO4)cc1. The fourth-order valence-corrected chi connectivity index (χ4v) is 4.57. The summed E-state index contributed by atoms with van der Waals surface area (Å²) in [5, 5.41) is 4.42. The molecule has 0 radical (unpaired) electrons. The van der Waals surface area contributed by atoms with E-state index in [1.54, 1.807) is 0 Å². The molecule has 0 spiro atoms. The lowest BCUT2D eigenvalue weighted by molar-refractivity contribution is 0.174. The van der Waals surface area contributed by atoms with Crippen LogP contribution >= 0.6 is 0 Å². The van der Waals surface area contributed by atoms with Gasteiger partial charge in [0.05, 0.1) is 16.9 Å². The Hall–Kier alpha value is -4.84. The number of ether oxygens (including phenoxy) is 2. The Morgan fingerprint density at radius 1 is 0.686 bits per heavy atom. The van der Waals surface area contributed by atoms with Gasteiger partial charge in [-0.1, -0.05) is 78.9 Å². The summed E-state index contributed by atoms with van der Waals surface area (Å²) in [5.41, 5.74) is 6.47. The van der Waals surface area contributed by atoms with Gasteiger partial charge in [0.15, 0.2) is 11.5 Å². The van der Waals surface area contributed by atoms with E-state index in [9.17, 15) is 0 Å².